The van der Waals surface area contributed by atoms with E-state index < -0.39 is 0 Å². The van der Waals surface area contributed by atoms with E-state index in [1.807, 2.05) is 18.2 Å². The van der Waals surface area contributed by atoms with Crippen molar-refractivity contribution in [2.24, 2.45) is 4.99 Å². The zero-order valence-electron chi connectivity index (χ0n) is 36.6. The molecule has 0 unspecified atom stereocenters. The lowest BCUT2D eigenvalue weighted by molar-refractivity contribution is 0.958. The average molecular weight is 836 g/mol. The molecule has 310 valence electrons. The lowest BCUT2D eigenvalue weighted by Crippen LogP contribution is -2.21. The third kappa shape index (κ3) is 6.07. The van der Waals surface area contributed by atoms with E-state index in [0.29, 0.717) is 0 Å². The molecule has 0 aliphatic carbocycles. The van der Waals surface area contributed by atoms with Crippen LogP contribution in [0.15, 0.2) is 199 Å². The Hall–Kier alpha value is -8.28. The fourth-order valence-corrected chi connectivity index (χ4v) is 10.4. The average Bonchev–Trinajstić information content (AvgIpc) is 3.92. The number of hydrogen-bond donors (Lipinski definition) is 0. The molecule has 0 atom stereocenters. The summed E-state index contributed by atoms with van der Waals surface area (Å²) in [5.41, 5.74) is 21.5. The first-order valence-corrected chi connectivity index (χ1v) is 22.3. The Kier molecular flexibility index (Phi) is 8.99. The molecule has 3 aromatic heterocycles. The zero-order valence-corrected chi connectivity index (χ0v) is 36.6. The molecule has 0 bridgehead atoms. The zero-order chi connectivity index (χ0) is 43.8. The minimum absolute atomic E-state index is 0.767. The Morgan fingerprint density at radius 3 is 1.97 bits per heavy atom. The van der Waals surface area contributed by atoms with Gasteiger partial charge in [0.15, 0.2) is 0 Å². The fraction of sp³-hybridized carbons (Fsp3) is 0.0667. The molecule has 0 saturated heterocycles. The Balaban J connectivity index is 0.000000168. The van der Waals surface area contributed by atoms with Crippen LogP contribution in [0.5, 0.6) is 0 Å². The Morgan fingerprint density at radius 2 is 1.15 bits per heavy atom. The number of hydrogen-bond acceptors (Lipinski definition) is 3. The van der Waals surface area contributed by atoms with Gasteiger partial charge in [0.05, 0.1) is 39.0 Å². The molecular formula is C60H45N5. The van der Waals surface area contributed by atoms with Crippen molar-refractivity contribution in [3.05, 3.63) is 216 Å². The molecule has 0 saturated carbocycles. The minimum Gasteiger partial charge on any atom is -0.335 e. The highest BCUT2D eigenvalue weighted by Crippen LogP contribution is 2.47. The summed E-state index contributed by atoms with van der Waals surface area (Å²) in [4.78, 5) is 11.6. The first kappa shape index (κ1) is 38.4. The first-order chi connectivity index (χ1) is 32.0. The number of aromatic nitrogens is 3. The Bertz CT molecular complexity index is 3890. The van der Waals surface area contributed by atoms with E-state index in [-0.39, 0.29) is 0 Å². The minimum atomic E-state index is 0.767. The van der Waals surface area contributed by atoms with Gasteiger partial charge >= 0.3 is 0 Å². The van der Waals surface area contributed by atoms with E-state index in [1.54, 1.807) is 0 Å². The van der Waals surface area contributed by atoms with E-state index in [1.165, 1.54) is 99.4 Å². The smallest absolute Gasteiger partial charge is 0.146 e. The van der Waals surface area contributed by atoms with E-state index >= 15 is 0 Å². The molecule has 1 aliphatic heterocycles. The predicted octanol–water partition coefficient (Wildman–Crippen LogP) is 15.8. The summed E-state index contributed by atoms with van der Waals surface area (Å²) in [5, 5.41) is 6.31. The highest BCUT2D eigenvalue weighted by molar-refractivity contribution is 6.14. The summed E-state index contributed by atoms with van der Waals surface area (Å²) in [7, 11) is 0. The van der Waals surface area contributed by atoms with Gasteiger partial charge in [0.1, 0.15) is 5.65 Å². The normalized spacial score (nSPS) is 12.2. The van der Waals surface area contributed by atoms with Crippen LogP contribution in [0.3, 0.4) is 0 Å². The summed E-state index contributed by atoms with van der Waals surface area (Å²) in [6.07, 6.45) is 0. The molecule has 0 radical (unpaired) electrons. The van der Waals surface area contributed by atoms with Crippen molar-refractivity contribution in [2.45, 2.75) is 27.3 Å². The van der Waals surface area contributed by atoms with Crippen LogP contribution >= 0.6 is 0 Å². The molecule has 0 fully saturated rings. The first-order valence-electron chi connectivity index (χ1n) is 22.3. The summed E-state index contributed by atoms with van der Waals surface area (Å²) in [5.74, 6) is 0. The number of anilines is 2. The highest BCUT2D eigenvalue weighted by atomic mass is 15.2. The van der Waals surface area contributed by atoms with Crippen molar-refractivity contribution in [3.8, 4) is 27.9 Å². The molecule has 9 aromatic carbocycles. The van der Waals surface area contributed by atoms with Crippen LogP contribution in [0.2, 0.25) is 0 Å². The lowest BCUT2D eigenvalue weighted by Gasteiger charge is -2.34. The number of imidazole rings is 1. The van der Waals surface area contributed by atoms with E-state index in [4.69, 9.17) is 4.98 Å². The van der Waals surface area contributed by atoms with Crippen molar-refractivity contribution in [3.63, 3.8) is 0 Å². The number of rotatable bonds is 4. The molecule has 5 heteroatoms. The summed E-state index contributed by atoms with van der Waals surface area (Å²) < 4.78 is 4.75. The van der Waals surface area contributed by atoms with Gasteiger partial charge in [0, 0.05) is 45.0 Å². The molecular weight excluding hydrogens is 791 g/mol. The lowest BCUT2D eigenvalue weighted by atomic mass is 9.92. The fourth-order valence-electron chi connectivity index (χ4n) is 10.4. The molecule has 0 N–H and O–H groups in total. The molecule has 1 aliphatic rings. The topological polar surface area (TPSA) is 37.8 Å². The van der Waals surface area contributed by atoms with Crippen LogP contribution in [0.1, 0.15) is 22.3 Å². The Labute approximate surface area is 377 Å². The molecule has 0 amide bonds. The van der Waals surface area contributed by atoms with Gasteiger partial charge in [0.2, 0.25) is 0 Å². The number of aliphatic imine (C=N–C) groups is 1. The molecule has 13 rings (SSSR count). The molecule has 0 spiro atoms. The van der Waals surface area contributed by atoms with Gasteiger partial charge in [-0.05, 0) is 121 Å². The maximum atomic E-state index is 4.89. The van der Waals surface area contributed by atoms with Gasteiger partial charge in [-0.2, -0.15) is 0 Å². The predicted molar refractivity (Wildman–Crippen MR) is 275 cm³/mol. The number of pyridine rings is 1. The quantitative estimate of drug-likeness (QED) is 0.131. The number of benzene rings is 9. The molecule has 12 aromatic rings. The van der Waals surface area contributed by atoms with Crippen LogP contribution in [-0.4, -0.2) is 20.7 Å². The second-order valence-electron chi connectivity index (χ2n) is 17.2. The van der Waals surface area contributed by atoms with Gasteiger partial charge in [-0.1, -0.05) is 145 Å². The van der Waals surface area contributed by atoms with Crippen LogP contribution < -0.4 is 4.90 Å². The largest absolute Gasteiger partial charge is 0.335 e. The van der Waals surface area contributed by atoms with Crippen LogP contribution in [0, 0.1) is 20.8 Å². The second-order valence-corrected chi connectivity index (χ2v) is 17.2. The van der Waals surface area contributed by atoms with Gasteiger partial charge in [-0.15, -0.1) is 0 Å². The van der Waals surface area contributed by atoms with Crippen LogP contribution in [0.25, 0.3) is 88.1 Å². The molecule has 5 nitrogen and oxygen atoms in total. The monoisotopic (exact) mass is 835 g/mol. The van der Waals surface area contributed by atoms with E-state index in [9.17, 15) is 0 Å². The standard InChI is InChI=1S/C40H31N3.C20H14N2/c1-26-12-4-5-13-30(26)31-22-23-34-32-14-7-10-18-38(32)43(40(34)27(31)2)29-21-20-28-25-42(39-19-11-8-16-36(39)41-3)37-17-9-6-15-33(37)35(28)24-29;1-13-10-11-15-16(12-13)14-6-2-4-8-18(14)22-19-9-5-3-7-17(19)21-20(15)22/h4-24H,3,25H2,1-2H3;2-12H,1H3. The van der Waals surface area contributed by atoms with Gasteiger partial charge in [0.25, 0.3) is 0 Å². The van der Waals surface area contributed by atoms with Crippen molar-refractivity contribution in [1.82, 2.24) is 14.0 Å². The summed E-state index contributed by atoms with van der Waals surface area (Å²) in [6, 6.07) is 69.5. The van der Waals surface area contributed by atoms with Crippen molar-refractivity contribution >= 4 is 83.9 Å². The maximum absolute atomic E-state index is 4.89. The maximum Gasteiger partial charge on any atom is 0.146 e. The van der Waals surface area contributed by atoms with Crippen molar-refractivity contribution in [2.75, 3.05) is 4.90 Å². The van der Waals surface area contributed by atoms with Crippen LogP contribution in [-0.2, 0) is 6.54 Å². The highest BCUT2D eigenvalue weighted by Gasteiger charge is 2.26. The van der Waals surface area contributed by atoms with Gasteiger partial charge in [-0.3, -0.25) is 9.39 Å². The van der Waals surface area contributed by atoms with E-state index in [0.717, 1.165) is 34.6 Å². The third-order valence-corrected chi connectivity index (χ3v) is 13.4. The number of nitrogens with zero attached hydrogens (tertiary/aromatic N) is 5. The van der Waals surface area contributed by atoms with E-state index in [2.05, 4.69) is 222 Å². The van der Waals surface area contributed by atoms with Gasteiger partial charge < -0.3 is 9.47 Å². The number of para-hydroxylation sites is 7. The van der Waals surface area contributed by atoms with Crippen LogP contribution in [0.4, 0.5) is 17.1 Å². The summed E-state index contributed by atoms with van der Waals surface area (Å²) >= 11 is 0. The molecule has 65 heavy (non-hydrogen) atoms. The van der Waals surface area contributed by atoms with Crippen molar-refractivity contribution < 1.29 is 0 Å². The summed E-state index contributed by atoms with van der Waals surface area (Å²) in [6.45, 7) is 11.2. The number of fused-ring (bicyclic) bond motifs is 14. The number of aryl methyl sites for hydroxylation is 3. The third-order valence-electron chi connectivity index (χ3n) is 13.4. The second kappa shape index (κ2) is 15.2. The Morgan fingerprint density at radius 1 is 0.492 bits per heavy atom. The van der Waals surface area contributed by atoms with Gasteiger partial charge in [-0.25, -0.2) is 4.98 Å². The SMILES string of the molecule is C=Nc1ccccc1N1Cc2ccc(-n3c4ccccc4c4ccc(-c5ccccc5C)c(C)c43)cc2-c2ccccc21.Cc1ccc2c(c1)c1ccccc1n1c3ccccc3nc21. The molecule has 4 heterocycles. The van der Waals surface area contributed by atoms with Crippen molar-refractivity contribution in [1.29, 1.82) is 0 Å².